The van der Waals surface area contributed by atoms with E-state index in [1.54, 1.807) is 0 Å². The van der Waals surface area contributed by atoms with E-state index in [4.69, 9.17) is 0 Å². The van der Waals surface area contributed by atoms with Crippen LogP contribution in [0.25, 0.3) is 0 Å². The monoisotopic (exact) mass is 232 g/mol. The van der Waals surface area contributed by atoms with Crippen LogP contribution in [0.5, 0.6) is 0 Å². The molecule has 94 valence electrons. The molecule has 0 aliphatic carbocycles. The maximum absolute atomic E-state index is 3.40. The van der Waals surface area contributed by atoms with Crippen LogP contribution in [0.2, 0.25) is 0 Å². The fourth-order valence-corrected chi connectivity index (χ4v) is 2.44. The summed E-state index contributed by atoms with van der Waals surface area (Å²) in [5, 5.41) is 3.40. The van der Waals surface area contributed by atoms with Gasteiger partial charge in [-0.25, -0.2) is 0 Å². The third-order valence-corrected chi connectivity index (χ3v) is 3.58. The summed E-state index contributed by atoms with van der Waals surface area (Å²) in [6, 6.07) is 6.96. The van der Waals surface area contributed by atoms with Crippen molar-refractivity contribution in [1.29, 1.82) is 0 Å². The summed E-state index contributed by atoms with van der Waals surface area (Å²) >= 11 is 0. The van der Waals surface area contributed by atoms with Crippen molar-refractivity contribution in [3.8, 4) is 0 Å². The Labute approximate surface area is 105 Å². The molecule has 1 heterocycles. The summed E-state index contributed by atoms with van der Waals surface area (Å²) < 4.78 is 0. The van der Waals surface area contributed by atoms with Gasteiger partial charge in [-0.15, -0.1) is 0 Å². The molecule has 1 aromatic carbocycles. The molecule has 2 nitrogen and oxygen atoms in total. The second-order valence-electron chi connectivity index (χ2n) is 4.93. The van der Waals surface area contributed by atoms with Crippen LogP contribution in [-0.4, -0.2) is 18.0 Å². The highest BCUT2D eigenvalue weighted by molar-refractivity contribution is 5.34. The minimum Gasteiger partial charge on any atom is -0.309 e. The van der Waals surface area contributed by atoms with E-state index >= 15 is 0 Å². The minimum atomic E-state index is 1.04. The molecule has 1 N–H and O–H groups in total. The molecular formula is C15H24N2. The van der Waals surface area contributed by atoms with Crippen LogP contribution < -0.4 is 5.32 Å². The Morgan fingerprint density at radius 1 is 1.18 bits per heavy atom. The zero-order valence-electron chi connectivity index (χ0n) is 11.1. The number of nitrogens with one attached hydrogen (secondary N) is 1. The SMILES string of the molecule is CCCCN(CC)Cc1ccc2c(c1)CNC2. The first-order chi connectivity index (χ1) is 8.33. The molecule has 0 atom stereocenters. The van der Waals surface area contributed by atoms with E-state index in [9.17, 15) is 0 Å². The summed E-state index contributed by atoms with van der Waals surface area (Å²) in [5.41, 5.74) is 4.44. The Kier molecular flexibility index (Phi) is 4.57. The highest BCUT2D eigenvalue weighted by atomic mass is 15.1. The van der Waals surface area contributed by atoms with Gasteiger partial charge >= 0.3 is 0 Å². The van der Waals surface area contributed by atoms with Gasteiger partial charge in [0, 0.05) is 19.6 Å². The molecule has 1 aliphatic rings. The molecule has 0 saturated carbocycles. The summed E-state index contributed by atoms with van der Waals surface area (Å²) in [4.78, 5) is 2.54. The molecule has 17 heavy (non-hydrogen) atoms. The third kappa shape index (κ3) is 3.30. The van der Waals surface area contributed by atoms with Crippen LogP contribution in [-0.2, 0) is 19.6 Å². The Morgan fingerprint density at radius 3 is 2.76 bits per heavy atom. The van der Waals surface area contributed by atoms with Crippen LogP contribution in [0.3, 0.4) is 0 Å². The van der Waals surface area contributed by atoms with Crippen LogP contribution in [0.15, 0.2) is 18.2 Å². The van der Waals surface area contributed by atoms with Gasteiger partial charge in [-0.1, -0.05) is 38.5 Å². The minimum absolute atomic E-state index is 1.04. The predicted octanol–water partition coefficient (Wildman–Crippen LogP) is 2.91. The van der Waals surface area contributed by atoms with E-state index in [-0.39, 0.29) is 0 Å². The first kappa shape index (κ1) is 12.6. The number of benzene rings is 1. The maximum atomic E-state index is 3.40. The molecule has 1 aromatic rings. The van der Waals surface area contributed by atoms with Crippen LogP contribution in [0.1, 0.15) is 43.4 Å². The maximum Gasteiger partial charge on any atom is 0.0233 e. The zero-order valence-corrected chi connectivity index (χ0v) is 11.1. The van der Waals surface area contributed by atoms with Gasteiger partial charge in [0.2, 0.25) is 0 Å². The highest BCUT2D eigenvalue weighted by Gasteiger charge is 2.11. The molecule has 0 fully saturated rings. The van der Waals surface area contributed by atoms with Gasteiger partial charge in [0.25, 0.3) is 0 Å². The van der Waals surface area contributed by atoms with Gasteiger partial charge in [0.1, 0.15) is 0 Å². The van der Waals surface area contributed by atoms with Crippen molar-refractivity contribution in [3.05, 3.63) is 34.9 Å². The van der Waals surface area contributed by atoms with Crippen molar-refractivity contribution >= 4 is 0 Å². The molecule has 0 amide bonds. The van der Waals surface area contributed by atoms with E-state index in [1.165, 1.54) is 36.1 Å². The van der Waals surface area contributed by atoms with Gasteiger partial charge < -0.3 is 5.32 Å². The number of hydrogen-bond donors (Lipinski definition) is 1. The van der Waals surface area contributed by atoms with Gasteiger partial charge in [-0.3, -0.25) is 4.90 Å². The Bertz CT molecular complexity index is 360. The smallest absolute Gasteiger partial charge is 0.0233 e. The largest absolute Gasteiger partial charge is 0.309 e. The number of rotatable bonds is 6. The molecule has 2 rings (SSSR count). The third-order valence-electron chi connectivity index (χ3n) is 3.58. The van der Waals surface area contributed by atoms with Crippen LogP contribution in [0, 0.1) is 0 Å². The molecular weight excluding hydrogens is 208 g/mol. The van der Waals surface area contributed by atoms with Crippen molar-refractivity contribution < 1.29 is 0 Å². The van der Waals surface area contributed by atoms with Crippen molar-refractivity contribution in [3.63, 3.8) is 0 Å². The van der Waals surface area contributed by atoms with Crippen LogP contribution in [0.4, 0.5) is 0 Å². The normalized spacial score (nSPS) is 14.3. The molecule has 0 radical (unpaired) electrons. The number of hydrogen-bond acceptors (Lipinski definition) is 2. The Hall–Kier alpha value is -0.860. The molecule has 0 bridgehead atoms. The van der Waals surface area contributed by atoms with E-state index in [1.807, 2.05) is 0 Å². The quantitative estimate of drug-likeness (QED) is 0.811. The van der Waals surface area contributed by atoms with Gasteiger partial charge in [0.15, 0.2) is 0 Å². The summed E-state index contributed by atoms with van der Waals surface area (Å²) in [5.74, 6) is 0. The second kappa shape index (κ2) is 6.18. The fourth-order valence-electron chi connectivity index (χ4n) is 2.44. The van der Waals surface area contributed by atoms with E-state index in [0.29, 0.717) is 0 Å². The summed E-state index contributed by atoms with van der Waals surface area (Å²) in [6.07, 6.45) is 2.59. The van der Waals surface area contributed by atoms with E-state index in [2.05, 4.69) is 42.3 Å². The Balaban J connectivity index is 1.97. The summed E-state index contributed by atoms with van der Waals surface area (Å²) in [6.45, 7) is 10.1. The van der Waals surface area contributed by atoms with Gasteiger partial charge in [0.05, 0.1) is 0 Å². The van der Waals surface area contributed by atoms with Gasteiger partial charge in [-0.2, -0.15) is 0 Å². The van der Waals surface area contributed by atoms with Crippen molar-refractivity contribution in [1.82, 2.24) is 10.2 Å². The highest BCUT2D eigenvalue weighted by Crippen LogP contribution is 2.18. The zero-order chi connectivity index (χ0) is 12.1. The number of fused-ring (bicyclic) bond motifs is 1. The lowest BCUT2D eigenvalue weighted by atomic mass is 10.1. The van der Waals surface area contributed by atoms with Crippen molar-refractivity contribution in [2.75, 3.05) is 13.1 Å². The lowest BCUT2D eigenvalue weighted by Gasteiger charge is -2.20. The first-order valence-corrected chi connectivity index (χ1v) is 6.87. The van der Waals surface area contributed by atoms with Gasteiger partial charge in [-0.05, 0) is 36.2 Å². The van der Waals surface area contributed by atoms with E-state index in [0.717, 1.165) is 26.2 Å². The lowest BCUT2D eigenvalue weighted by molar-refractivity contribution is 0.275. The number of nitrogens with zero attached hydrogens (tertiary/aromatic N) is 1. The molecule has 0 spiro atoms. The van der Waals surface area contributed by atoms with Crippen molar-refractivity contribution in [2.45, 2.75) is 46.3 Å². The fraction of sp³-hybridized carbons (Fsp3) is 0.600. The molecule has 0 unspecified atom stereocenters. The average Bonchev–Trinajstić information content (AvgIpc) is 2.81. The topological polar surface area (TPSA) is 15.3 Å². The first-order valence-electron chi connectivity index (χ1n) is 6.87. The summed E-state index contributed by atoms with van der Waals surface area (Å²) in [7, 11) is 0. The predicted molar refractivity (Wildman–Crippen MR) is 72.8 cm³/mol. The lowest BCUT2D eigenvalue weighted by Crippen LogP contribution is -2.23. The van der Waals surface area contributed by atoms with Crippen molar-refractivity contribution in [2.24, 2.45) is 0 Å². The molecule has 0 saturated heterocycles. The molecule has 2 heteroatoms. The Morgan fingerprint density at radius 2 is 2.00 bits per heavy atom. The standard InChI is InChI=1S/C15H24N2/c1-3-5-8-17(4-2)12-13-6-7-14-10-16-11-15(14)9-13/h6-7,9,16H,3-5,8,10-12H2,1-2H3. The van der Waals surface area contributed by atoms with E-state index < -0.39 is 0 Å². The second-order valence-corrected chi connectivity index (χ2v) is 4.93. The molecule has 0 aromatic heterocycles. The average molecular weight is 232 g/mol. The molecule has 1 aliphatic heterocycles. The number of unbranched alkanes of at least 4 members (excludes halogenated alkanes) is 1. The van der Waals surface area contributed by atoms with Crippen LogP contribution >= 0.6 is 0 Å².